The Morgan fingerprint density at radius 1 is 1.41 bits per heavy atom. The third-order valence-electron chi connectivity index (χ3n) is 2.21. The predicted octanol–water partition coefficient (Wildman–Crippen LogP) is 0.521. The van der Waals surface area contributed by atoms with Gasteiger partial charge in [-0.3, -0.25) is 0 Å². The van der Waals surface area contributed by atoms with Gasteiger partial charge in [-0.15, -0.1) is 0 Å². The highest BCUT2D eigenvalue weighted by atomic mass is 32.2. The molecule has 4 nitrogen and oxygen atoms in total. The van der Waals surface area contributed by atoms with Crippen LogP contribution in [0, 0.1) is 5.82 Å². The first-order chi connectivity index (χ1) is 8.16. The molecule has 1 aromatic heterocycles. The fourth-order valence-corrected chi connectivity index (χ4v) is 2.13. The van der Waals surface area contributed by atoms with Crippen molar-refractivity contribution < 1.29 is 14.4 Å². The first kappa shape index (κ1) is 12.2. The summed E-state index contributed by atoms with van der Waals surface area (Å²) in [6.07, 6.45) is 3.33. The second-order valence-electron chi connectivity index (χ2n) is 3.41. The summed E-state index contributed by atoms with van der Waals surface area (Å²) in [5.41, 5.74) is 0.644. The van der Waals surface area contributed by atoms with Crippen LogP contribution < -0.4 is 5.46 Å². The molecule has 88 valence electrons. The zero-order valence-corrected chi connectivity index (χ0v) is 9.62. The molecule has 0 saturated carbocycles. The monoisotopic (exact) mass is 252 g/mol. The van der Waals surface area contributed by atoms with E-state index in [9.17, 15) is 4.39 Å². The minimum absolute atomic E-state index is 0.147. The van der Waals surface area contributed by atoms with E-state index in [1.807, 2.05) is 0 Å². The highest BCUT2D eigenvalue weighted by molar-refractivity contribution is 7.98. The topological polar surface area (TPSA) is 69.1 Å². The number of benzene rings is 1. The van der Waals surface area contributed by atoms with Crippen LogP contribution in [0.5, 0.6) is 0 Å². The summed E-state index contributed by atoms with van der Waals surface area (Å²) in [6, 6.07) is 4.16. The number of H-pyrrole nitrogens is 1. The third kappa shape index (κ3) is 3.09. The average Bonchev–Trinajstić information content (AvgIpc) is 2.80. The van der Waals surface area contributed by atoms with Crippen molar-refractivity contribution in [3.05, 3.63) is 42.0 Å². The summed E-state index contributed by atoms with van der Waals surface area (Å²) >= 11 is 1.38. The van der Waals surface area contributed by atoms with Gasteiger partial charge in [0.05, 0.1) is 0 Å². The van der Waals surface area contributed by atoms with Crippen molar-refractivity contribution in [3.8, 4) is 0 Å². The van der Waals surface area contributed by atoms with E-state index >= 15 is 0 Å². The Hall–Kier alpha value is -1.31. The predicted molar refractivity (Wildman–Crippen MR) is 64.4 cm³/mol. The number of rotatable bonds is 4. The Kier molecular flexibility index (Phi) is 3.83. The Morgan fingerprint density at radius 2 is 2.24 bits per heavy atom. The first-order valence-electron chi connectivity index (χ1n) is 4.93. The van der Waals surface area contributed by atoms with Gasteiger partial charge in [0.1, 0.15) is 5.82 Å². The van der Waals surface area contributed by atoms with Crippen LogP contribution in [0.15, 0.2) is 35.7 Å². The fraction of sp³-hybridized carbons (Fsp3) is 0.100. The van der Waals surface area contributed by atoms with Crippen LogP contribution in [-0.2, 0) is 5.75 Å². The number of halogens is 1. The lowest BCUT2D eigenvalue weighted by atomic mass is 9.80. The Morgan fingerprint density at radius 3 is 2.82 bits per heavy atom. The lowest BCUT2D eigenvalue weighted by Crippen LogP contribution is -2.30. The highest BCUT2D eigenvalue weighted by Gasteiger charge is 2.13. The lowest BCUT2D eigenvalue weighted by molar-refractivity contribution is 0.425. The van der Waals surface area contributed by atoms with Crippen molar-refractivity contribution in [3.63, 3.8) is 0 Å². The van der Waals surface area contributed by atoms with E-state index in [1.165, 1.54) is 17.8 Å². The minimum atomic E-state index is -1.64. The first-order valence-corrected chi connectivity index (χ1v) is 5.92. The number of imidazole rings is 1. The molecule has 2 rings (SSSR count). The van der Waals surface area contributed by atoms with E-state index in [1.54, 1.807) is 18.5 Å². The molecular formula is C10H10BFN2O2S. The maximum Gasteiger partial charge on any atom is 0.488 e. The third-order valence-corrected chi connectivity index (χ3v) is 3.16. The molecule has 0 amide bonds. The van der Waals surface area contributed by atoms with Gasteiger partial charge in [-0.1, -0.05) is 23.9 Å². The van der Waals surface area contributed by atoms with Gasteiger partial charge in [0.25, 0.3) is 0 Å². The molecule has 7 heteroatoms. The van der Waals surface area contributed by atoms with Gasteiger partial charge in [-0.05, 0) is 17.1 Å². The SMILES string of the molecule is OB(O)c1ccc(CSc2ncc[nH]2)c(F)c1. The zero-order chi connectivity index (χ0) is 12.3. The number of hydrogen-bond acceptors (Lipinski definition) is 4. The molecule has 0 unspecified atom stereocenters. The van der Waals surface area contributed by atoms with E-state index < -0.39 is 12.9 Å². The number of nitrogens with zero attached hydrogens (tertiary/aromatic N) is 1. The summed E-state index contributed by atoms with van der Waals surface area (Å²) in [4.78, 5) is 6.92. The molecule has 0 aliphatic carbocycles. The van der Waals surface area contributed by atoms with E-state index in [2.05, 4.69) is 9.97 Å². The second-order valence-corrected chi connectivity index (χ2v) is 4.37. The molecule has 0 fully saturated rings. The van der Waals surface area contributed by atoms with Gasteiger partial charge in [0.15, 0.2) is 5.16 Å². The molecule has 1 aromatic carbocycles. The highest BCUT2D eigenvalue weighted by Crippen LogP contribution is 2.20. The number of hydrogen-bond donors (Lipinski definition) is 3. The normalized spacial score (nSPS) is 10.5. The van der Waals surface area contributed by atoms with Crippen LogP contribution in [0.1, 0.15) is 5.56 Å². The summed E-state index contributed by atoms with van der Waals surface area (Å²) in [5.74, 6) is -0.0177. The molecule has 0 radical (unpaired) electrons. The van der Waals surface area contributed by atoms with E-state index in [0.29, 0.717) is 11.3 Å². The maximum atomic E-state index is 13.6. The summed E-state index contributed by atoms with van der Waals surface area (Å²) in [7, 11) is -1.64. The molecule has 0 aliphatic rings. The molecular weight excluding hydrogens is 242 g/mol. The van der Waals surface area contributed by atoms with Crippen LogP contribution >= 0.6 is 11.8 Å². The van der Waals surface area contributed by atoms with Crippen molar-refractivity contribution in [1.29, 1.82) is 0 Å². The number of thioether (sulfide) groups is 1. The summed E-state index contributed by atoms with van der Waals surface area (Å²) in [5, 5.41) is 18.5. The van der Waals surface area contributed by atoms with Crippen molar-refractivity contribution >= 4 is 24.3 Å². The van der Waals surface area contributed by atoms with Gasteiger partial charge in [-0.25, -0.2) is 9.37 Å². The quantitative estimate of drug-likeness (QED) is 0.548. The molecule has 3 N–H and O–H groups in total. The molecule has 2 aromatic rings. The van der Waals surface area contributed by atoms with Gasteiger partial charge < -0.3 is 15.0 Å². The van der Waals surface area contributed by atoms with Crippen LogP contribution in [0.2, 0.25) is 0 Å². The summed E-state index contributed by atoms with van der Waals surface area (Å²) < 4.78 is 13.6. The Balaban J connectivity index is 2.06. The average molecular weight is 252 g/mol. The van der Waals surface area contributed by atoms with E-state index in [-0.39, 0.29) is 5.46 Å². The number of nitrogens with one attached hydrogen (secondary N) is 1. The maximum absolute atomic E-state index is 13.6. The molecule has 17 heavy (non-hydrogen) atoms. The molecule has 0 bridgehead atoms. The fourth-order valence-electron chi connectivity index (χ4n) is 1.32. The second kappa shape index (κ2) is 5.35. The van der Waals surface area contributed by atoms with Crippen molar-refractivity contribution in [2.75, 3.05) is 0 Å². The van der Waals surface area contributed by atoms with Gasteiger partial charge in [-0.2, -0.15) is 0 Å². The Bertz CT molecular complexity index is 493. The van der Waals surface area contributed by atoms with Crippen molar-refractivity contribution in [1.82, 2.24) is 9.97 Å². The van der Waals surface area contributed by atoms with Gasteiger partial charge in [0, 0.05) is 18.1 Å². The van der Waals surface area contributed by atoms with Gasteiger partial charge >= 0.3 is 7.12 Å². The van der Waals surface area contributed by atoms with E-state index in [0.717, 1.165) is 11.2 Å². The molecule has 1 heterocycles. The number of aromatic nitrogens is 2. The van der Waals surface area contributed by atoms with Crippen LogP contribution in [0.3, 0.4) is 0 Å². The molecule has 0 aliphatic heterocycles. The van der Waals surface area contributed by atoms with Crippen LogP contribution in [0.4, 0.5) is 4.39 Å². The summed E-state index contributed by atoms with van der Waals surface area (Å²) in [6.45, 7) is 0. The molecule has 0 atom stereocenters. The zero-order valence-electron chi connectivity index (χ0n) is 8.80. The van der Waals surface area contributed by atoms with Crippen molar-refractivity contribution in [2.45, 2.75) is 10.9 Å². The standard InChI is InChI=1S/C10H10BFN2O2S/c12-9-5-8(11(15)16)2-1-7(9)6-17-10-13-3-4-14-10/h1-5,15-16H,6H2,(H,13,14). The lowest BCUT2D eigenvalue weighted by Gasteiger charge is -2.04. The van der Waals surface area contributed by atoms with Crippen LogP contribution in [-0.4, -0.2) is 27.1 Å². The number of aromatic amines is 1. The van der Waals surface area contributed by atoms with Crippen molar-refractivity contribution in [2.24, 2.45) is 0 Å². The largest absolute Gasteiger partial charge is 0.488 e. The molecule has 0 saturated heterocycles. The Labute approximate surface area is 102 Å². The van der Waals surface area contributed by atoms with Crippen LogP contribution in [0.25, 0.3) is 0 Å². The van der Waals surface area contributed by atoms with E-state index in [4.69, 9.17) is 10.0 Å². The minimum Gasteiger partial charge on any atom is -0.423 e. The van der Waals surface area contributed by atoms with Gasteiger partial charge in [0.2, 0.25) is 0 Å². The smallest absolute Gasteiger partial charge is 0.423 e. The molecule has 0 spiro atoms.